The van der Waals surface area contributed by atoms with Gasteiger partial charge in [-0.3, -0.25) is 4.79 Å². The third-order valence-electron chi connectivity index (χ3n) is 4.83. The average molecular weight is 399 g/mol. The zero-order valence-corrected chi connectivity index (χ0v) is 17.2. The topological polar surface area (TPSA) is 84.9 Å². The summed E-state index contributed by atoms with van der Waals surface area (Å²) in [7, 11) is -0.636. The molecule has 1 aliphatic rings. The maximum atomic E-state index is 12.7. The fourth-order valence-corrected chi connectivity index (χ4v) is 4.60. The van der Waals surface area contributed by atoms with Gasteiger partial charge in [-0.15, -0.1) is 0 Å². The molecule has 1 aliphatic heterocycles. The summed E-state index contributed by atoms with van der Waals surface area (Å²) in [6, 6.07) is 4.68. The van der Waals surface area contributed by atoms with E-state index in [1.54, 1.807) is 6.07 Å². The highest BCUT2D eigenvalue weighted by Crippen LogP contribution is 2.30. The monoisotopic (exact) mass is 398 g/mol. The van der Waals surface area contributed by atoms with Crippen molar-refractivity contribution >= 4 is 15.7 Å². The van der Waals surface area contributed by atoms with Crippen molar-refractivity contribution in [2.24, 2.45) is 0 Å². The Morgan fingerprint density at radius 2 is 1.85 bits per heavy atom. The summed E-state index contributed by atoms with van der Waals surface area (Å²) in [6.45, 7) is 4.48. The second-order valence-electron chi connectivity index (χ2n) is 6.65. The van der Waals surface area contributed by atoms with Gasteiger partial charge in [-0.2, -0.15) is 0 Å². The molecule has 0 saturated carbocycles. The van der Waals surface area contributed by atoms with Crippen molar-refractivity contribution < 1.29 is 22.7 Å². The first-order valence-corrected chi connectivity index (χ1v) is 11.0. The minimum Gasteiger partial charge on any atom is -0.493 e. The van der Waals surface area contributed by atoms with Crippen LogP contribution in [0.2, 0.25) is 0 Å². The van der Waals surface area contributed by atoms with Gasteiger partial charge >= 0.3 is 0 Å². The first-order valence-electron chi connectivity index (χ1n) is 9.38. The Kier molecular flexibility index (Phi) is 7.91. The number of carbonyl (C=O) groups is 1. The van der Waals surface area contributed by atoms with Crippen LogP contribution in [0.3, 0.4) is 0 Å². The van der Waals surface area contributed by atoms with E-state index in [1.807, 2.05) is 11.8 Å². The molecule has 152 valence electrons. The standard InChI is InChI=1S/C19H30N2O5S/c1-4-12-21(15-7-10-20-11-8-15)19(22)9-13-27(23,24)16-5-6-17(25-2)18(14-16)26-3/h5-6,14-15,20H,4,7-13H2,1-3H3. The second-order valence-corrected chi connectivity index (χ2v) is 8.76. The summed E-state index contributed by atoms with van der Waals surface area (Å²) >= 11 is 0. The molecule has 0 bridgehead atoms. The summed E-state index contributed by atoms with van der Waals surface area (Å²) in [4.78, 5) is 14.7. The van der Waals surface area contributed by atoms with Gasteiger partial charge in [0.05, 0.1) is 24.9 Å². The van der Waals surface area contributed by atoms with Crippen LogP contribution in [0.1, 0.15) is 32.6 Å². The van der Waals surface area contributed by atoms with Crippen LogP contribution in [0.25, 0.3) is 0 Å². The van der Waals surface area contributed by atoms with Crippen LogP contribution in [0.15, 0.2) is 23.1 Å². The van der Waals surface area contributed by atoms with Gasteiger partial charge in [-0.05, 0) is 44.5 Å². The highest BCUT2D eigenvalue weighted by Gasteiger charge is 2.26. The molecule has 1 aromatic rings. The van der Waals surface area contributed by atoms with Crippen LogP contribution in [0.5, 0.6) is 11.5 Å². The maximum absolute atomic E-state index is 12.7. The smallest absolute Gasteiger partial charge is 0.223 e. The van der Waals surface area contributed by atoms with Gasteiger partial charge in [-0.25, -0.2) is 8.42 Å². The van der Waals surface area contributed by atoms with Crippen molar-refractivity contribution in [3.05, 3.63) is 18.2 Å². The van der Waals surface area contributed by atoms with E-state index in [-0.39, 0.29) is 29.0 Å². The van der Waals surface area contributed by atoms with Gasteiger partial charge in [0.2, 0.25) is 5.91 Å². The van der Waals surface area contributed by atoms with Crippen LogP contribution in [0, 0.1) is 0 Å². The average Bonchev–Trinajstić information content (AvgIpc) is 2.70. The number of methoxy groups -OCH3 is 2. The van der Waals surface area contributed by atoms with E-state index < -0.39 is 9.84 Å². The molecule has 1 amide bonds. The lowest BCUT2D eigenvalue weighted by Crippen LogP contribution is -2.46. The number of benzene rings is 1. The molecule has 1 N–H and O–H groups in total. The Balaban J connectivity index is 2.07. The summed E-state index contributed by atoms with van der Waals surface area (Å²) < 4.78 is 35.7. The summed E-state index contributed by atoms with van der Waals surface area (Å²) in [6.07, 6.45) is 2.67. The Morgan fingerprint density at radius 3 is 2.44 bits per heavy atom. The van der Waals surface area contributed by atoms with Crippen molar-refractivity contribution in [3.63, 3.8) is 0 Å². The van der Waals surface area contributed by atoms with Crippen LogP contribution in [-0.2, 0) is 14.6 Å². The quantitative estimate of drug-likeness (QED) is 0.683. The molecule has 7 nitrogen and oxygen atoms in total. The number of piperidine rings is 1. The molecule has 27 heavy (non-hydrogen) atoms. The fourth-order valence-electron chi connectivity index (χ4n) is 3.36. The van der Waals surface area contributed by atoms with Gasteiger partial charge in [0.25, 0.3) is 0 Å². The predicted octanol–water partition coefficient (Wildman–Crippen LogP) is 1.86. The van der Waals surface area contributed by atoms with Crippen LogP contribution >= 0.6 is 0 Å². The molecule has 1 saturated heterocycles. The number of nitrogens with zero attached hydrogens (tertiary/aromatic N) is 1. The highest BCUT2D eigenvalue weighted by molar-refractivity contribution is 7.91. The third kappa shape index (κ3) is 5.59. The Morgan fingerprint density at radius 1 is 1.19 bits per heavy atom. The lowest BCUT2D eigenvalue weighted by atomic mass is 10.0. The minimum absolute atomic E-state index is 0.0133. The van der Waals surface area contributed by atoms with E-state index in [1.165, 1.54) is 26.4 Å². The number of ether oxygens (including phenoxy) is 2. The minimum atomic E-state index is -3.59. The van der Waals surface area contributed by atoms with Gasteiger partial charge in [0.15, 0.2) is 21.3 Å². The van der Waals surface area contributed by atoms with Gasteiger partial charge in [0, 0.05) is 25.1 Å². The lowest BCUT2D eigenvalue weighted by molar-refractivity contribution is -0.133. The second kappa shape index (κ2) is 9.94. The Hall–Kier alpha value is -1.80. The molecular weight excluding hydrogens is 368 g/mol. The van der Waals surface area contributed by atoms with Crippen molar-refractivity contribution in [3.8, 4) is 11.5 Å². The van der Waals surface area contributed by atoms with Crippen molar-refractivity contribution in [1.82, 2.24) is 10.2 Å². The number of amides is 1. The van der Waals surface area contributed by atoms with Crippen LogP contribution in [0.4, 0.5) is 0 Å². The number of hydrogen-bond donors (Lipinski definition) is 1. The fraction of sp³-hybridized carbons (Fsp3) is 0.632. The van der Waals surface area contributed by atoms with Crippen LogP contribution in [-0.4, -0.2) is 64.9 Å². The summed E-state index contributed by atoms with van der Waals surface area (Å²) in [5.74, 6) is 0.513. The number of sulfone groups is 1. The number of rotatable bonds is 9. The van der Waals surface area contributed by atoms with Gasteiger partial charge in [-0.1, -0.05) is 6.92 Å². The molecule has 8 heteroatoms. The molecule has 0 aromatic heterocycles. The molecule has 1 aromatic carbocycles. The number of carbonyl (C=O) groups excluding carboxylic acids is 1. The first-order chi connectivity index (χ1) is 12.9. The zero-order chi connectivity index (χ0) is 19.9. The first kappa shape index (κ1) is 21.5. The van der Waals surface area contributed by atoms with Gasteiger partial charge in [0.1, 0.15) is 0 Å². The van der Waals surface area contributed by atoms with E-state index in [4.69, 9.17) is 9.47 Å². The normalized spacial score (nSPS) is 15.4. The molecule has 0 unspecified atom stereocenters. The van der Waals surface area contributed by atoms with E-state index in [9.17, 15) is 13.2 Å². The highest BCUT2D eigenvalue weighted by atomic mass is 32.2. The Bertz CT molecular complexity index is 730. The zero-order valence-electron chi connectivity index (χ0n) is 16.4. The molecule has 0 spiro atoms. The predicted molar refractivity (Wildman–Crippen MR) is 104 cm³/mol. The number of nitrogens with one attached hydrogen (secondary N) is 1. The van der Waals surface area contributed by atoms with Crippen LogP contribution < -0.4 is 14.8 Å². The molecule has 1 fully saturated rings. The number of hydrogen-bond acceptors (Lipinski definition) is 6. The van der Waals surface area contributed by atoms with E-state index in [2.05, 4.69) is 5.32 Å². The van der Waals surface area contributed by atoms with E-state index in [0.29, 0.717) is 18.0 Å². The third-order valence-corrected chi connectivity index (χ3v) is 6.55. The lowest BCUT2D eigenvalue weighted by Gasteiger charge is -2.34. The maximum Gasteiger partial charge on any atom is 0.223 e. The molecule has 0 radical (unpaired) electrons. The van der Waals surface area contributed by atoms with Gasteiger partial charge < -0.3 is 19.7 Å². The van der Waals surface area contributed by atoms with Crippen molar-refractivity contribution in [2.45, 2.75) is 43.5 Å². The van der Waals surface area contributed by atoms with Crippen molar-refractivity contribution in [1.29, 1.82) is 0 Å². The molecule has 2 rings (SSSR count). The van der Waals surface area contributed by atoms with E-state index in [0.717, 1.165) is 32.4 Å². The molecule has 0 atom stereocenters. The molecule has 1 heterocycles. The van der Waals surface area contributed by atoms with E-state index >= 15 is 0 Å². The molecular formula is C19H30N2O5S. The summed E-state index contributed by atoms with van der Waals surface area (Å²) in [5.41, 5.74) is 0. The largest absolute Gasteiger partial charge is 0.493 e. The Labute approximate surface area is 161 Å². The van der Waals surface area contributed by atoms with Crippen molar-refractivity contribution in [2.75, 3.05) is 39.6 Å². The SMILES string of the molecule is CCCN(C(=O)CCS(=O)(=O)c1ccc(OC)c(OC)c1)C1CCNCC1. The molecule has 0 aliphatic carbocycles. The summed E-state index contributed by atoms with van der Waals surface area (Å²) in [5, 5.41) is 3.29.